The number of rotatable bonds is 6. The summed E-state index contributed by atoms with van der Waals surface area (Å²) in [6.45, 7) is 7.52. The first-order valence-electron chi connectivity index (χ1n) is 10.4. The zero-order valence-corrected chi connectivity index (χ0v) is 19.3. The highest BCUT2D eigenvalue weighted by Crippen LogP contribution is 2.23. The topological polar surface area (TPSA) is 72.3 Å². The van der Waals surface area contributed by atoms with Crippen molar-refractivity contribution in [3.05, 3.63) is 75.5 Å². The van der Waals surface area contributed by atoms with Gasteiger partial charge in [-0.15, -0.1) is 5.10 Å². The van der Waals surface area contributed by atoms with E-state index in [1.807, 2.05) is 31.2 Å². The largest absolute Gasteiger partial charge is 0.379 e. The van der Waals surface area contributed by atoms with E-state index in [-0.39, 0.29) is 11.9 Å². The van der Waals surface area contributed by atoms with Crippen LogP contribution in [0.25, 0.3) is 5.69 Å². The number of hydrogen-bond acceptors (Lipinski definition) is 5. The lowest BCUT2D eigenvalue weighted by Gasteiger charge is -2.35. The first-order valence-corrected chi connectivity index (χ1v) is 11.2. The molecule has 1 amide bonds. The van der Waals surface area contributed by atoms with Crippen molar-refractivity contribution >= 4 is 21.8 Å². The Kier molecular flexibility index (Phi) is 6.80. The molecule has 31 heavy (non-hydrogen) atoms. The number of carbonyl (C=O) groups is 1. The molecule has 1 N–H and O–H groups in total. The normalized spacial score (nSPS) is 15.6. The Balaban J connectivity index is 1.51. The maximum absolute atomic E-state index is 13.0. The second-order valence-electron chi connectivity index (χ2n) is 7.70. The first-order chi connectivity index (χ1) is 15.0. The standard InChI is InChI=1S/C23H26BrN5O2/c1-16-5-3-6-18(13-16)21(28-9-11-31-12-10-28)15-25-23(30)22-17(2)29(27-26-22)20-8-4-7-19(24)14-20/h3-8,13-14,21H,9-12,15H2,1-2H3,(H,25,30). The van der Waals surface area contributed by atoms with Gasteiger partial charge < -0.3 is 10.1 Å². The number of morpholine rings is 1. The second-order valence-corrected chi connectivity index (χ2v) is 8.62. The van der Waals surface area contributed by atoms with Crippen molar-refractivity contribution in [2.45, 2.75) is 19.9 Å². The van der Waals surface area contributed by atoms with Gasteiger partial charge in [-0.05, 0) is 37.6 Å². The summed E-state index contributed by atoms with van der Waals surface area (Å²) in [6.07, 6.45) is 0. The molecule has 162 valence electrons. The van der Waals surface area contributed by atoms with Crippen molar-refractivity contribution in [3.8, 4) is 5.69 Å². The molecule has 1 fully saturated rings. The SMILES string of the molecule is Cc1cccc(C(CNC(=O)c2nnn(-c3cccc(Br)c3)c2C)N2CCOCC2)c1. The molecule has 2 aromatic carbocycles. The number of ether oxygens (including phenoxy) is 1. The molecule has 1 unspecified atom stereocenters. The molecule has 1 saturated heterocycles. The van der Waals surface area contributed by atoms with Gasteiger partial charge in [0.05, 0.1) is 30.6 Å². The number of carbonyl (C=O) groups excluding carboxylic acids is 1. The Bertz CT molecular complexity index is 1060. The molecule has 4 rings (SSSR count). The Morgan fingerprint density at radius 3 is 2.68 bits per heavy atom. The predicted molar refractivity (Wildman–Crippen MR) is 122 cm³/mol. The summed E-state index contributed by atoms with van der Waals surface area (Å²) in [6, 6.07) is 16.3. The molecule has 1 aromatic heterocycles. The molecule has 0 spiro atoms. The Morgan fingerprint density at radius 2 is 1.94 bits per heavy atom. The minimum absolute atomic E-state index is 0.0770. The van der Waals surface area contributed by atoms with Crippen molar-refractivity contribution in [2.75, 3.05) is 32.8 Å². The Labute approximate surface area is 190 Å². The monoisotopic (exact) mass is 483 g/mol. The highest BCUT2D eigenvalue weighted by Gasteiger charge is 2.25. The van der Waals surface area contributed by atoms with E-state index in [2.05, 4.69) is 67.6 Å². The molecule has 3 aromatic rings. The third-order valence-corrected chi connectivity index (χ3v) is 6.02. The number of amides is 1. The van der Waals surface area contributed by atoms with Crippen LogP contribution in [0.3, 0.4) is 0 Å². The van der Waals surface area contributed by atoms with Crippen LogP contribution in [0, 0.1) is 13.8 Å². The predicted octanol–water partition coefficient (Wildman–Crippen LogP) is 3.45. The molecule has 0 aliphatic carbocycles. The summed E-state index contributed by atoms with van der Waals surface area (Å²) in [5, 5.41) is 11.4. The molecular formula is C23H26BrN5O2. The van der Waals surface area contributed by atoms with Gasteiger partial charge in [0, 0.05) is 24.1 Å². The molecule has 2 heterocycles. The van der Waals surface area contributed by atoms with Crippen LogP contribution in [0.15, 0.2) is 53.0 Å². The average molecular weight is 484 g/mol. The summed E-state index contributed by atoms with van der Waals surface area (Å²) in [7, 11) is 0. The van der Waals surface area contributed by atoms with E-state index in [4.69, 9.17) is 4.74 Å². The van der Waals surface area contributed by atoms with E-state index in [9.17, 15) is 4.79 Å². The maximum atomic E-state index is 13.0. The molecule has 8 heteroatoms. The molecule has 0 saturated carbocycles. The van der Waals surface area contributed by atoms with Crippen LogP contribution < -0.4 is 5.32 Å². The fourth-order valence-corrected chi connectivity index (χ4v) is 4.28. The summed E-state index contributed by atoms with van der Waals surface area (Å²) in [5.74, 6) is -0.218. The lowest BCUT2D eigenvalue weighted by Crippen LogP contribution is -2.44. The van der Waals surface area contributed by atoms with Crippen molar-refractivity contribution in [1.82, 2.24) is 25.2 Å². The quantitative estimate of drug-likeness (QED) is 0.581. The number of nitrogens with zero attached hydrogens (tertiary/aromatic N) is 4. The van der Waals surface area contributed by atoms with Gasteiger partial charge in [0.15, 0.2) is 5.69 Å². The van der Waals surface area contributed by atoms with E-state index >= 15 is 0 Å². The Morgan fingerprint density at radius 1 is 1.16 bits per heavy atom. The third-order valence-electron chi connectivity index (χ3n) is 5.53. The van der Waals surface area contributed by atoms with Gasteiger partial charge in [0.2, 0.25) is 0 Å². The van der Waals surface area contributed by atoms with Crippen molar-refractivity contribution < 1.29 is 9.53 Å². The molecular weight excluding hydrogens is 458 g/mol. The van der Waals surface area contributed by atoms with Crippen LogP contribution in [0.1, 0.15) is 33.4 Å². The maximum Gasteiger partial charge on any atom is 0.273 e. The highest BCUT2D eigenvalue weighted by atomic mass is 79.9. The van der Waals surface area contributed by atoms with Gasteiger partial charge in [-0.1, -0.05) is 57.0 Å². The molecule has 7 nitrogen and oxygen atoms in total. The van der Waals surface area contributed by atoms with Crippen LogP contribution in [0.5, 0.6) is 0 Å². The number of aromatic nitrogens is 3. The molecule has 1 atom stereocenters. The number of aryl methyl sites for hydroxylation is 1. The number of halogens is 1. The number of nitrogens with one attached hydrogen (secondary N) is 1. The van der Waals surface area contributed by atoms with Crippen LogP contribution in [0.2, 0.25) is 0 Å². The zero-order chi connectivity index (χ0) is 21.8. The number of benzene rings is 2. The summed E-state index contributed by atoms with van der Waals surface area (Å²) in [5.41, 5.74) is 4.29. The van der Waals surface area contributed by atoms with E-state index < -0.39 is 0 Å². The molecule has 1 aliphatic rings. The molecule has 0 bridgehead atoms. The smallest absolute Gasteiger partial charge is 0.273 e. The van der Waals surface area contributed by atoms with E-state index in [0.717, 1.165) is 23.2 Å². The Hall–Kier alpha value is -2.55. The lowest BCUT2D eigenvalue weighted by molar-refractivity contribution is 0.0162. The van der Waals surface area contributed by atoms with Crippen LogP contribution in [0.4, 0.5) is 0 Å². The van der Waals surface area contributed by atoms with Gasteiger partial charge in [-0.2, -0.15) is 0 Å². The van der Waals surface area contributed by atoms with Gasteiger partial charge in [0.25, 0.3) is 5.91 Å². The minimum atomic E-state index is -0.218. The second kappa shape index (κ2) is 9.72. The lowest BCUT2D eigenvalue weighted by atomic mass is 10.0. The molecule has 0 radical (unpaired) electrons. The van der Waals surface area contributed by atoms with E-state index in [0.29, 0.717) is 31.1 Å². The third kappa shape index (κ3) is 5.03. The fraction of sp³-hybridized carbons (Fsp3) is 0.348. The van der Waals surface area contributed by atoms with Crippen molar-refractivity contribution in [1.29, 1.82) is 0 Å². The molecule has 1 aliphatic heterocycles. The minimum Gasteiger partial charge on any atom is -0.379 e. The average Bonchev–Trinajstić information content (AvgIpc) is 3.16. The van der Waals surface area contributed by atoms with Gasteiger partial charge in [0.1, 0.15) is 0 Å². The van der Waals surface area contributed by atoms with Gasteiger partial charge >= 0.3 is 0 Å². The van der Waals surface area contributed by atoms with Crippen molar-refractivity contribution in [3.63, 3.8) is 0 Å². The highest BCUT2D eigenvalue weighted by molar-refractivity contribution is 9.10. The van der Waals surface area contributed by atoms with Crippen molar-refractivity contribution in [2.24, 2.45) is 0 Å². The van der Waals surface area contributed by atoms with Crippen LogP contribution in [-0.4, -0.2) is 58.6 Å². The summed E-state index contributed by atoms with van der Waals surface area (Å²) < 4.78 is 8.14. The van der Waals surface area contributed by atoms with Crippen LogP contribution >= 0.6 is 15.9 Å². The number of hydrogen-bond donors (Lipinski definition) is 1. The first kappa shape index (κ1) is 21.7. The van der Waals surface area contributed by atoms with E-state index in [1.165, 1.54) is 11.1 Å². The van der Waals surface area contributed by atoms with E-state index in [1.54, 1.807) is 4.68 Å². The van der Waals surface area contributed by atoms with Gasteiger partial charge in [-0.25, -0.2) is 4.68 Å². The zero-order valence-electron chi connectivity index (χ0n) is 17.7. The van der Waals surface area contributed by atoms with Crippen LogP contribution in [-0.2, 0) is 4.74 Å². The van der Waals surface area contributed by atoms with Gasteiger partial charge in [-0.3, -0.25) is 9.69 Å². The fourth-order valence-electron chi connectivity index (χ4n) is 3.89. The summed E-state index contributed by atoms with van der Waals surface area (Å²) >= 11 is 3.47. The summed E-state index contributed by atoms with van der Waals surface area (Å²) in [4.78, 5) is 15.3.